The van der Waals surface area contributed by atoms with Gasteiger partial charge in [0.1, 0.15) is 11.8 Å². The second kappa shape index (κ2) is 9.67. The average molecular weight is 471 g/mol. The molecular formula is C23H23ClN4O3S. The van der Waals surface area contributed by atoms with E-state index in [-0.39, 0.29) is 12.6 Å². The van der Waals surface area contributed by atoms with Crippen LogP contribution in [0.15, 0.2) is 65.0 Å². The first-order chi connectivity index (χ1) is 15.5. The summed E-state index contributed by atoms with van der Waals surface area (Å²) in [7, 11) is 1.62. The number of thioether (sulfide) groups is 1. The van der Waals surface area contributed by atoms with Crippen LogP contribution in [-0.2, 0) is 15.3 Å². The summed E-state index contributed by atoms with van der Waals surface area (Å²) in [4.78, 5) is 17.5. The van der Waals surface area contributed by atoms with Crippen LogP contribution in [0.1, 0.15) is 31.0 Å². The molecule has 1 atom stereocenters. The molecule has 0 fully saturated rings. The predicted molar refractivity (Wildman–Crippen MR) is 125 cm³/mol. The lowest BCUT2D eigenvalue weighted by Crippen LogP contribution is -2.29. The Balaban J connectivity index is 1.68. The molecule has 2 aromatic carbocycles. The number of hydrogen-bond donors (Lipinski definition) is 1. The van der Waals surface area contributed by atoms with Gasteiger partial charge in [-0.05, 0) is 49.2 Å². The van der Waals surface area contributed by atoms with Crippen molar-refractivity contribution >= 4 is 35.3 Å². The summed E-state index contributed by atoms with van der Waals surface area (Å²) in [5.74, 6) is 1.63. The number of carbonyl (C=O) groups excluding carboxylic acids is 1. The zero-order chi connectivity index (χ0) is 22.7. The maximum atomic E-state index is 12.8. The molecule has 0 radical (unpaired) electrons. The summed E-state index contributed by atoms with van der Waals surface area (Å²) in [5, 5.41) is 9.24. The molecule has 0 saturated heterocycles. The maximum Gasteiger partial charge on any atom is 0.338 e. The number of fused-ring (bicyclic) bond motifs is 1. The minimum absolute atomic E-state index is 0.289. The highest BCUT2D eigenvalue weighted by Crippen LogP contribution is 2.37. The Kier molecular flexibility index (Phi) is 6.72. The third-order valence-electron chi connectivity index (χ3n) is 5.04. The van der Waals surface area contributed by atoms with Gasteiger partial charge in [0, 0.05) is 16.5 Å². The molecule has 3 aromatic rings. The molecule has 0 saturated carbocycles. The molecule has 1 aliphatic rings. The van der Waals surface area contributed by atoms with E-state index in [2.05, 4.69) is 10.3 Å². The van der Waals surface area contributed by atoms with E-state index in [1.54, 1.807) is 18.7 Å². The largest absolute Gasteiger partial charge is 0.497 e. The molecule has 9 heteroatoms. The van der Waals surface area contributed by atoms with E-state index in [1.807, 2.05) is 55.5 Å². The standard InChI is InChI=1S/C23H23ClN4O3S/c1-4-31-21(29)19-14(2)25-22-26-23(32-13-15-5-9-17(24)10-6-15)27-28(22)20(19)16-7-11-18(30-3)12-8-16/h5-12,20H,4,13H2,1-3H3,(H,25,26,27)/t20-/m0/s1. The maximum absolute atomic E-state index is 12.8. The van der Waals surface area contributed by atoms with Crippen molar-refractivity contribution in [2.75, 3.05) is 19.0 Å². The molecule has 1 aliphatic heterocycles. The van der Waals surface area contributed by atoms with Crippen molar-refractivity contribution < 1.29 is 14.3 Å². The van der Waals surface area contributed by atoms with Gasteiger partial charge in [0.25, 0.3) is 0 Å². The number of rotatable bonds is 7. The van der Waals surface area contributed by atoms with Crippen LogP contribution in [0, 0.1) is 0 Å². The minimum Gasteiger partial charge on any atom is -0.497 e. The molecule has 1 N–H and O–H groups in total. The molecule has 0 spiro atoms. The Labute approximate surface area is 195 Å². The molecule has 0 bridgehead atoms. The molecule has 4 rings (SSSR count). The number of hydrogen-bond acceptors (Lipinski definition) is 7. The number of esters is 1. The molecule has 0 unspecified atom stereocenters. The lowest BCUT2D eigenvalue weighted by molar-refractivity contribution is -0.139. The van der Waals surface area contributed by atoms with Gasteiger partial charge in [-0.1, -0.05) is 47.6 Å². The van der Waals surface area contributed by atoms with Crippen molar-refractivity contribution in [2.24, 2.45) is 0 Å². The molecule has 2 heterocycles. The van der Waals surface area contributed by atoms with Gasteiger partial charge in [-0.25, -0.2) is 9.48 Å². The van der Waals surface area contributed by atoms with Crippen LogP contribution in [0.2, 0.25) is 5.02 Å². The Hall–Kier alpha value is -2.97. The molecule has 0 aliphatic carbocycles. The number of methoxy groups -OCH3 is 1. The smallest absolute Gasteiger partial charge is 0.338 e. The van der Waals surface area contributed by atoms with Gasteiger partial charge >= 0.3 is 5.97 Å². The van der Waals surface area contributed by atoms with Crippen LogP contribution in [-0.4, -0.2) is 34.5 Å². The lowest BCUT2D eigenvalue weighted by atomic mass is 9.96. The van der Waals surface area contributed by atoms with Crippen molar-refractivity contribution in [3.05, 3.63) is 76.0 Å². The number of carbonyl (C=O) groups is 1. The summed E-state index contributed by atoms with van der Waals surface area (Å²) in [5.41, 5.74) is 3.20. The first-order valence-electron chi connectivity index (χ1n) is 10.1. The Bertz CT molecular complexity index is 1140. The van der Waals surface area contributed by atoms with Crippen LogP contribution in [0.5, 0.6) is 5.75 Å². The number of halogens is 1. The first kappa shape index (κ1) is 22.2. The average Bonchev–Trinajstić information content (AvgIpc) is 3.20. The van der Waals surface area contributed by atoms with Gasteiger partial charge in [0.05, 0.1) is 19.3 Å². The lowest BCUT2D eigenvalue weighted by Gasteiger charge is -2.28. The predicted octanol–water partition coefficient (Wildman–Crippen LogP) is 5.08. The van der Waals surface area contributed by atoms with Crippen molar-refractivity contribution in [2.45, 2.75) is 30.8 Å². The molecular weight excluding hydrogens is 448 g/mol. The Morgan fingerprint density at radius 3 is 2.56 bits per heavy atom. The summed E-state index contributed by atoms with van der Waals surface area (Å²) < 4.78 is 12.4. The zero-order valence-corrected chi connectivity index (χ0v) is 19.5. The number of allylic oxidation sites excluding steroid dienone is 1. The van der Waals surface area contributed by atoms with Crippen LogP contribution in [0.25, 0.3) is 0 Å². The number of ether oxygens (including phenoxy) is 2. The number of nitrogens with one attached hydrogen (secondary N) is 1. The van der Waals surface area contributed by atoms with E-state index in [1.165, 1.54) is 11.8 Å². The second-order valence-electron chi connectivity index (χ2n) is 7.14. The highest BCUT2D eigenvalue weighted by Gasteiger charge is 2.35. The van der Waals surface area contributed by atoms with Gasteiger partial charge in [-0.2, -0.15) is 4.98 Å². The van der Waals surface area contributed by atoms with E-state index < -0.39 is 6.04 Å². The summed E-state index contributed by atoms with van der Waals surface area (Å²) in [6.45, 7) is 3.93. The van der Waals surface area contributed by atoms with Crippen LogP contribution >= 0.6 is 23.4 Å². The van der Waals surface area contributed by atoms with E-state index in [0.29, 0.717) is 33.2 Å². The number of aromatic nitrogens is 3. The fourth-order valence-electron chi connectivity index (χ4n) is 3.49. The third-order valence-corrected chi connectivity index (χ3v) is 6.20. The molecule has 1 aromatic heterocycles. The topological polar surface area (TPSA) is 78.3 Å². The van der Waals surface area contributed by atoms with Gasteiger partial charge in [0.15, 0.2) is 0 Å². The molecule has 7 nitrogen and oxygen atoms in total. The van der Waals surface area contributed by atoms with Crippen molar-refractivity contribution in [1.82, 2.24) is 14.8 Å². The van der Waals surface area contributed by atoms with Gasteiger partial charge < -0.3 is 14.8 Å². The minimum atomic E-state index is -0.464. The normalized spacial score (nSPS) is 15.2. The highest BCUT2D eigenvalue weighted by molar-refractivity contribution is 7.98. The van der Waals surface area contributed by atoms with Gasteiger partial charge in [0.2, 0.25) is 11.1 Å². The summed E-state index contributed by atoms with van der Waals surface area (Å²) in [6, 6.07) is 14.8. The van der Waals surface area contributed by atoms with Crippen LogP contribution < -0.4 is 10.1 Å². The summed E-state index contributed by atoms with van der Waals surface area (Å²) in [6.07, 6.45) is 0. The number of benzene rings is 2. The van der Waals surface area contributed by atoms with Crippen LogP contribution in [0.4, 0.5) is 5.95 Å². The summed E-state index contributed by atoms with van der Waals surface area (Å²) >= 11 is 7.49. The van der Waals surface area contributed by atoms with Crippen LogP contribution in [0.3, 0.4) is 0 Å². The van der Waals surface area contributed by atoms with E-state index in [9.17, 15) is 4.79 Å². The fourth-order valence-corrected chi connectivity index (χ4v) is 4.40. The SMILES string of the molecule is CCOC(=O)C1=C(C)Nc2nc(SCc3ccc(Cl)cc3)nn2[C@H]1c1ccc(OC)cc1. The molecule has 0 amide bonds. The van der Waals surface area contributed by atoms with Crippen molar-refractivity contribution in [3.8, 4) is 5.75 Å². The highest BCUT2D eigenvalue weighted by atomic mass is 35.5. The Morgan fingerprint density at radius 2 is 1.91 bits per heavy atom. The fraction of sp³-hybridized carbons (Fsp3) is 0.261. The number of anilines is 1. The second-order valence-corrected chi connectivity index (χ2v) is 8.52. The van der Waals surface area contributed by atoms with Crippen molar-refractivity contribution in [3.63, 3.8) is 0 Å². The van der Waals surface area contributed by atoms with E-state index >= 15 is 0 Å². The van der Waals surface area contributed by atoms with Gasteiger partial charge in [-0.15, -0.1) is 5.10 Å². The van der Waals surface area contributed by atoms with E-state index in [4.69, 9.17) is 26.2 Å². The zero-order valence-electron chi connectivity index (χ0n) is 18.0. The van der Waals surface area contributed by atoms with Gasteiger partial charge in [-0.3, -0.25) is 0 Å². The quantitative estimate of drug-likeness (QED) is 0.381. The monoisotopic (exact) mass is 470 g/mol. The number of nitrogens with zero attached hydrogens (tertiary/aromatic N) is 3. The molecule has 32 heavy (non-hydrogen) atoms. The molecule has 166 valence electrons. The van der Waals surface area contributed by atoms with E-state index in [0.717, 1.165) is 16.9 Å². The Morgan fingerprint density at radius 1 is 1.19 bits per heavy atom. The first-order valence-corrected chi connectivity index (χ1v) is 11.5. The van der Waals surface area contributed by atoms with Crippen molar-refractivity contribution in [1.29, 1.82) is 0 Å². The third kappa shape index (κ3) is 4.61.